The van der Waals surface area contributed by atoms with Crippen molar-refractivity contribution in [1.82, 2.24) is 5.32 Å². The number of rotatable bonds is 14. The molecule has 0 aromatic heterocycles. The number of carboxylic acid groups (broad SMARTS) is 2. The number of aliphatic carboxylic acids is 2. The van der Waals surface area contributed by atoms with Crippen molar-refractivity contribution in [2.75, 3.05) is 13.2 Å². The van der Waals surface area contributed by atoms with Crippen LogP contribution < -0.4 is 10.1 Å². The first-order chi connectivity index (χ1) is 18.2. The Morgan fingerprint density at radius 3 is 2.08 bits per heavy atom. The molecule has 0 saturated carbocycles. The maximum Gasteiger partial charge on any atom is 0.408 e. The van der Waals surface area contributed by atoms with E-state index in [4.69, 9.17) is 13.7 Å². The van der Waals surface area contributed by atoms with Crippen LogP contribution in [0.25, 0.3) is 0 Å². The Morgan fingerprint density at radius 1 is 0.923 bits per heavy atom. The number of carbonyl (C=O) groups is 3. The van der Waals surface area contributed by atoms with Gasteiger partial charge < -0.3 is 25.0 Å². The topological polar surface area (TPSA) is 166 Å². The van der Waals surface area contributed by atoms with Crippen LogP contribution in [0.4, 0.5) is 4.79 Å². The third-order valence-corrected chi connectivity index (χ3v) is 6.70. The molecule has 11 nitrogen and oxygen atoms in total. The Hall–Kier alpha value is -3.64. The summed E-state index contributed by atoms with van der Waals surface area (Å²) >= 11 is 0. The van der Waals surface area contributed by atoms with Gasteiger partial charge in [-0.25, -0.2) is 9.59 Å². The number of ether oxygens (including phenoxy) is 2. The van der Waals surface area contributed by atoms with Gasteiger partial charge in [-0.05, 0) is 70.4 Å². The smallest absolute Gasteiger partial charge is 0.408 e. The van der Waals surface area contributed by atoms with E-state index in [1.165, 1.54) is 12.1 Å². The van der Waals surface area contributed by atoms with Crippen LogP contribution in [0.3, 0.4) is 0 Å². The van der Waals surface area contributed by atoms with Crippen molar-refractivity contribution in [3.8, 4) is 5.75 Å². The van der Waals surface area contributed by atoms with E-state index in [0.29, 0.717) is 17.7 Å². The summed E-state index contributed by atoms with van der Waals surface area (Å²) in [6, 6.07) is 11.5. The standard InChI is InChI=1S/C27H35NO10S/c1-18-6-12-22(13-7-18)39(34,35)37-15-5-14-36-21-10-8-19(9-11-21)16-20(24(29)30)17-23(25(31)32)28-26(33)38-27(2,3)4/h6-13,20,23H,5,14-17H2,1-4H3,(H,28,33)(H,29,30)(H,31,32)/t20-,23+/m0/s1. The molecule has 0 heterocycles. The third kappa shape index (κ3) is 11.3. The van der Waals surface area contributed by atoms with Crippen LogP contribution in [0.2, 0.25) is 0 Å². The zero-order chi connectivity index (χ0) is 29.2. The quantitative estimate of drug-likeness (QED) is 0.227. The molecule has 12 heteroatoms. The molecule has 0 bridgehead atoms. The fourth-order valence-corrected chi connectivity index (χ4v) is 4.37. The highest BCUT2D eigenvalue weighted by atomic mass is 32.2. The van der Waals surface area contributed by atoms with Crippen molar-refractivity contribution >= 4 is 28.1 Å². The Balaban J connectivity index is 1.85. The maximum atomic E-state index is 12.2. The van der Waals surface area contributed by atoms with Gasteiger partial charge in [0.25, 0.3) is 10.1 Å². The number of hydrogen-bond donors (Lipinski definition) is 3. The largest absolute Gasteiger partial charge is 0.494 e. The van der Waals surface area contributed by atoms with Crippen LogP contribution in [0.15, 0.2) is 53.4 Å². The Morgan fingerprint density at radius 2 is 1.54 bits per heavy atom. The second kappa shape index (κ2) is 13.9. The summed E-state index contributed by atoms with van der Waals surface area (Å²) < 4.78 is 40.1. The maximum absolute atomic E-state index is 12.2. The first kappa shape index (κ1) is 31.6. The summed E-state index contributed by atoms with van der Waals surface area (Å²) in [5, 5.41) is 21.3. The molecule has 2 atom stereocenters. The Kier molecular flexibility index (Phi) is 11.3. The minimum Gasteiger partial charge on any atom is -0.494 e. The molecule has 39 heavy (non-hydrogen) atoms. The number of amides is 1. The van der Waals surface area contributed by atoms with Gasteiger partial charge >= 0.3 is 18.0 Å². The second-order valence-electron chi connectivity index (χ2n) is 9.95. The van der Waals surface area contributed by atoms with Crippen molar-refractivity contribution in [2.45, 2.75) is 63.5 Å². The molecule has 0 aliphatic rings. The number of carboxylic acids is 2. The number of alkyl carbamates (subject to hydrolysis) is 1. The molecule has 214 valence electrons. The summed E-state index contributed by atoms with van der Waals surface area (Å²) in [6.07, 6.45) is -0.943. The molecule has 1 amide bonds. The van der Waals surface area contributed by atoms with Crippen LogP contribution in [-0.4, -0.2) is 61.5 Å². The van der Waals surface area contributed by atoms with E-state index < -0.39 is 45.7 Å². The van der Waals surface area contributed by atoms with Gasteiger partial charge in [-0.3, -0.25) is 8.98 Å². The molecule has 2 aromatic rings. The molecule has 0 unspecified atom stereocenters. The predicted molar refractivity (Wildman–Crippen MR) is 141 cm³/mol. The normalized spacial score (nSPS) is 13.2. The van der Waals surface area contributed by atoms with Crippen LogP contribution in [-0.2, 0) is 35.0 Å². The molecule has 0 fully saturated rings. The molecule has 0 radical (unpaired) electrons. The van der Waals surface area contributed by atoms with Gasteiger partial charge in [0, 0.05) is 6.42 Å². The fraction of sp³-hybridized carbons (Fsp3) is 0.444. The average Bonchev–Trinajstić information content (AvgIpc) is 2.82. The minimum atomic E-state index is -3.85. The van der Waals surface area contributed by atoms with Crippen molar-refractivity contribution < 1.29 is 46.7 Å². The van der Waals surface area contributed by atoms with E-state index in [0.717, 1.165) is 5.56 Å². The number of nitrogens with one attached hydrogen (secondary N) is 1. The van der Waals surface area contributed by atoms with Gasteiger partial charge in [0.15, 0.2) is 0 Å². The van der Waals surface area contributed by atoms with Crippen molar-refractivity contribution in [3.05, 3.63) is 59.7 Å². The van der Waals surface area contributed by atoms with Gasteiger partial charge in [-0.1, -0.05) is 29.8 Å². The molecule has 0 spiro atoms. The van der Waals surface area contributed by atoms with Crippen molar-refractivity contribution in [1.29, 1.82) is 0 Å². The highest BCUT2D eigenvalue weighted by molar-refractivity contribution is 7.86. The van der Waals surface area contributed by atoms with E-state index in [1.54, 1.807) is 57.2 Å². The monoisotopic (exact) mass is 565 g/mol. The Labute approximate surface area is 228 Å². The van der Waals surface area contributed by atoms with E-state index in [1.807, 2.05) is 6.92 Å². The zero-order valence-corrected chi connectivity index (χ0v) is 23.2. The average molecular weight is 566 g/mol. The summed E-state index contributed by atoms with van der Waals surface area (Å²) in [4.78, 5) is 35.5. The predicted octanol–water partition coefficient (Wildman–Crippen LogP) is 3.78. The Bertz CT molecular complexity index is 1220. The van der Waals surface area contributed by atoms with Crippen molar-refractivity contribution in [2.24, 2.45) is 5.92 Å². The van der Waals surface area contributed by atoms with Gasteiger partial charge in [0.1, 0.15) is 17.4 Å². The number of carbonyl (C=O) groups excluding carboxylic acids is 1. The lowest BCUT2D eigenvalue weighted by Gasteiger charge is -2.23. The summed E-state index contributed by atoms with van der Waals surface area (Å²) in [6.45, 7) is 6.86. The van der Waals surface area contributed by atoms with E-state index in [2.05, 4.69) is 5.32 Å². The first-order valence-corrected chi connectivity index (χ1v) is 13.7. The lowest BCUT2D eigenvalue weighted by molar-refractivity contribution is -0.144. The van der Waals surface area contributed by atoms with Gasteiger partial charge in [0.2, 0.25) is 0 Å². The van der Waals surface area contributed by atoms with Crippen LogP contribution in [0.5, 0.6) is 5.75 Å². The minimum absolute atomic E-state index is 0.0279. The molecule has 0 saturated heterocycles. The van der Waals surface area contributed by atoms with Crippen LogP contribution in [0, 0.1) is 12.8 Å². The molecule has 2 aromatic carbocycles. The van der Waals surface area contributed by atoms with E-state index in [9.17, 15) is 33.0 Å². The number of aryl methyl sites for hydroxylation is 1. The fourth-order valence-electron chi connectivity index (χ4n) is 3.42. The molecule has 0 aliphatic carbocycles. The molecular weight excluding hydrogens is 530 g/mol. The number of benzene rings is 2. The van der Waals surface area contributed by atoms with E-state index >= 15 is 0 Å². The SMILES string of the molecule is Cc1ccc(S(=O)(=O)OCCCOc2ccc(C[C@@H](C[C@@H](NC(=O)OC(C)(C)C)C(=O)O)C(=O)O)cc2)cc1. The summed E-state index contributed by atoms with van der Waals surface area (Å²) in [5.41, 5.74) is 0.727. The molecule has 3 N–H and O–H groups in total. The van der Waals surface area contributed by atoms with E-state index in [-0.39, 0.29) is 31.0 Å². The molecular formula is C27H35NO10S. The lowest BCUT2D eigenvalue weighted by atomic mass is 9.92. The first-order valence-electron chi connectivity index (χ1n) is 12.3. The number of hydrogen-bond acceptors (Lipinski definition) is 8. The van der Waals surface area contributed by atoms with Gasteiger partial charge in [-0.15, -0.1) is 0 Å². The second-order valence-corrected chi connectivity index (χ2v) is 11.6. The van der Waals surface area contributed by atoms with Crippen molar-refractivity contribution in [3.63, 3.8) is 0 Å². The highest BCUT2D eigenvalue weighted by Gasteiger charge is 2.30. The zero-order valence-electron chi connectivity index (χ0n) is 22.4. The summed E-state index contributed by atoms with van der Waals surface area (Å²) in [7, 11) is -3.85. The highest BCUT2D eigenvalue weighted by Crippen LogP contribution is 2.20. The van der Waals surface area contributed by atoms with Gasteiger partial charge in [-0.2, -0.15) is 8.42 Å². The third-order valence-electron chi connectivity index (χ3n) is 5.37. The van der Waals surface area contributed by atoms with Gasteiger partial charge in [0.05, 0.1) is 24.0 Å². The summed E-state index contributed by atoms with van der Waals surface area (Å²) in [5.74, 6) is -3.16. The van der Waals surface area contributed by atoms with Crippen LogP contribution >= 0.6 is 0 Å². The van der Waals surface area contributed by atoms with Crippen LogP contribution in [0.1, 0.15) is 44.7 Å². The molecule has 0 aliphatic heterocycles. The molecule has 2 rings (SSSR count). The lowest BCUT2D eigenvalue weighted by Crippen LogP contribution is -2.45.